The summed E-state index contributed by atoms with van der Waals surface area (Å²) >= 11 is 2.05. The third-order valence-corrected chi connectivity index (χ3v) is 5.86. The zero-order chi connectivity index (χ0) is 13.8. The molecule has 0 aliphatic carbocycles. The van der Waals surface area contributed by atoms with Gasteiger partial charge < -0.3 is 10.1 Å². The van der Waals surface area contributed by atoms with Gasteiger partial charge in [-0.1, -0.05) is 31.2 Å². The van der Waals surface area contributed by atoms with E-state index in [1.807, 2.05) is 11.8 Å². The molecule has 1 aromatic rings. The van der Waals surface area contributed by atoms with Gasteiger partial charge in [0.1, 0.15) is 0 Å². The Bertz CT molecular complexity index is 442. The predicted molar refractivity (Wildman–Crippen MR) is 86.3 cm³/mol. The molecule has 2 fully saturated rings. The van der Waals surface area contributed by atoms with E-state index < -0.39 is 0 Å². The lowest BCUT2D eigenvalue weighted by atomic mass is 9.89. The first kappa shape index (κ1) is 14.4. The molecule has 2 nitrogen and oxygen atoms in total. The Balaban J connectivity index is 1.58. The molecule has 0 saturated carbocycles. The fourth-order valence-corrected chi connectivity index (χ4v) is 4.77. The largest absolute Gasteiger partial charge is 0.374 e. The lowest BCUT2D eigenvalue weighted by Gasteiger charge is -2.38. The second-order valence-corrected chi connectivity index (χ2v) is 7.13. The lowest BCUT2D eigenvalue weighted by Crippen LogP contribution is -2.47. The molecular weight excluding hydrogens is 266 g/mol. The summed E-state index contributed by atoms with van der Waals surface area (Å²) in [6.07, 6.45) is 4.70. The number of ether oxygens (including phenoxy) is 1. The van der Waals surface area contributed by atoms with Crippen LogP contribution in [0.1, 0.15) is 37.3 Å². The summed E-state index contributed by atoms with van der Waals surface area (Å²) in [5, 5.41) is 3.77. The summed E-state index contributed by atoms with van der Waals surface area (Å²) in [4.78, 5) is 0. The molecule has 0 aromatic heterocycles. The monoisotopic (exact) mass is 291 g/mol. The molecule has 20 heavy (non-hydrogen) atoms. The van der Waals surface area contributed by atoms with Gasteiger partial charge in [0.2, 0.25) is 0 Å². The van der Waals surface area contributed by atoms with E-state index >= 15 is 0 Å². The fraction of sp³-hybridized carbons (Fsp3) is 0.647. The summed E-state index contributed by atoms with van der Waals surface area (Å²) in [6.45, 7) is 4.16. The van der Waals surface area contributed by atoms with E-state index in [0.29, 0.717) is 6.04 Å². The molecule has 1 spiro atoms. The summed E-state index contributed by atoms with van der Waals surface area (Å²) in [7, 11) is 0. The number of aryl methyl sites for hydroxylation is 1. The van der Waals surface area contributed by atoms with E-state index in [1.54, 1.807) is 0 Å². The first-order chi connectivity index (χ1) is 9.81. The second-order valence-electron chi connectivity index (χ2n) is 6.03. The second kappa shape index (κ2) is 6.50. The summed E-state index contributed by atoms with van der Waals surface area (Å²) in [5.41, 5.74) is 3.11. The van der Waals surface area contributed by atoms with Crippen LogP contribution in [-0.4, -0.2) is 29.8 Å². The van der Waals surface area contributed by atoms with E-state index in [4.69, 9.17) is 4.74 Å². The van der Waals surface area contributed by atoms with Crippen LogP contribution in [0.2, 0.25) is 0 Å². The fourth-order valence-electron chi connectivity index (χ4n) is 3.39. The molecule has 1 N–H and O–H groups in total. The Morgan fingerprint density at radius 3 is 2.95 bits per heavy atom. The van der Waals surface area contributed by atoms with Gasteiger partial charge in [0.05, 0.1) is 5.60 Å². The van der Waals surface area contributed by atoms with Crippen molar-refractivity contribution in [2.75, 3.05) is 18.1 Å². The average Bonchev–Trinajstić information content (AvgIpc) is 2.93. The van der Waals surface area contributed by atoms with E-state index in [1.165, 1.54) is 35.5 Å². The minimum Gasteiger partial charge on any atom is -0.374 e. The maximum absolute atomic E-state index is 6.09. The third-order valence-electron chi connectivity index (χ3n) is 4.64. The Hall–Kier alpha value is -0.510. The van der Waals surface area contributed by atoms with Crippen LogP contribution in [0.25, 0.3) is 0 Å². The van der Waals surface area contributed by atoms with Crippen molar-refractivity contribution in [1.29, 1.82) is 0 Å². The molecule has 3 rings (SSSR count). The van der Waals surface area contributed by atoms with Crippen molar-refractivity contribution >= 4 is 11.8 Å². The highest BCUT2D eigenvalue weighted by atomic mass is 32.2. The number of thioether (sulfide) groups is 1. The van der Waals surface area contributed by atoms with Crippen LogP contribution in [0.3, 0.4) is 0 Å². The normalized spacial score (nSPS) is 29.9. The Morgan fingerprint density at radius 2 is 2.20 bits per heavy atom. The van der Waals surface area contributed by atoms with E-state index in [0.717, 1.165) is 26.0 Å². The quantitative estimate of drug-likeness (QED) is 0.919. The lowest BCUT2D eigenvalue weighted by molar-refractivity contribution is -0.0703. The third kappa shape index (κ3) is 3.21. The molecule has 2 aliphatic rings. The predicted octanol–water partition coefficient (Wildman–Crippen LogP) is 3.39. The van der Waals surface area contributed by atoms with Gasteiger partial charge in [-0.25, -0.2) is 0 Å². The average molecular weight is 291 g/mol. The molecular formula is C17H25NOS. The zero-order valence-electron chi connectivity index (χ0n) is 12.4. The topological polar surface area (TPSA) is 21.3 Å². The van der Waals surface area contributed by atoms with E-state index in [-0.39, 0.29) is 5.60 Å². The molecule has 1 aromatic carbocycles. The van der Waals surface area contributed by atoms with Crippen LogP contribution in [0.4, 0.5) is 0 Å². The summed E-state index contributed by atoms with van der Waals surface area (Å²) in [6, 6.07) is 9.41. The molecule has 0 radical (unpaired) electrons. The molecule has 3 heteroatoms. The van der Waals surface area contributed by atoms with Gasteiger partial charge in [-0.15, -0.1) is 0 Å². The molecule has 2 unspecified atom stereocenters. The van der Waals surface area contributed by atoms with Crippen LogP contribution in [-0.2, 0) is 17.7 Å². The number of benzene rings is 1. The minimum absolute atomic E-state index is 0.185. The van der Waals surface area contributed by atoms with Crippen LogP contribution < -0.4 is 5.32 Å². The zero-order valence-corrected chi connectivity index (χ0v) is 13.2. The van der Waals surface area contributed by atoms with Crippen molar-refractivity contribution in [3.05, 3.63) is 35.4 Å². The highest BCUT2D eigenvalue weighted by molar-refractivity contribution is 7.99. The van der Waals surface area contributed by atoms with Gasteiger partial charge in [-0.3, -0.25) is 0 Å². The summed E-state index contributed by atoms with van der Waals surface area (Å²) < 4.78 is 6.09. The Kier molecular flexibility index (Phi) is 4.69. The van der Waals surface area contributed by atoms with E-state index in [9.17, 15) is 0 Å². The number of rotatable bonds is 4. The highest BCUT2D eigenvalue weighted by Crippen LogP contribution is 2.38. The maximum Gasteiger partial charge on any atom is 0.0795 e. The standard InChI is InChI=1S/C17H25NOS/c1-2-14-5-3-4-6-15(14)12-18-16-7-9-19-17(11-16)8-10-20-13-17/h3-6,16,18H,2,7-13H2,1H3. The molecule has 110 valence electrons. The van der Waals surface area contributed by atoms with Crippen molar-refractivity contribution in [3.8, 4) is 0 Å². The van der Waals surface area contributed by atoms with Gasteiger partial charge in [-0.05, 0) is 42.6 Å². The minimum atomic E-state index is 0.185. The van der Waals surface area contributed by atoms with Gasteiger partial charge in [0.15, 0.2) is 0 Å². The number of hydrogen-bond donors (Lipinski definition) is 1. The highest BCUT2D eigenvalue weighted by Gasteiger charge is 2.40. The smallest absolute Gasteiger partial charge is 0.0795 e. The van der Waals surface area contributed by atoms with Crippen molar-refractivity contribution < 1.29 is 4.74 Å². The Morgan fingerprint density at radius 1 is 1.35 bits per heavy atom. The number of hydrogen-bond acceptors (Lipinski definition) is 3. The maximum atomic E-state index is 6.09. The van der Waals surface area contributed by atoms with Crippen molar-refractivity contribution in [2.45, 2.75) is 50.8 Å². The van der Waals surface area contributed by atoms with Crippen molar-refractivity contribution in [1.82, 2.24) is 5.32 Å². The van der Waals surface area contributed by atoms with Crippen LogP contribution in [0.15, 0.2) is 24.3 Å². The molecule has 0 amide bonds. The first-order valence-corrected chi connectivity index (χ1v) is 8.99. The Labute approximate surface area is 126 Å². The molecule has 0 bridgehead atoms. The van der Waals surface area contributed by atoms with Gasteiger partial charge >= 0.3 is 0 Å². The van der Waals surface area contributed by atoms with Crippen LogP contribution >= 0.6 is 11.8 Å². The van der Waals surface area contributed by atoms with Gasteiger partial charge in [0, 0.05) is 24.9 Å². The molecule has 2 saturated heterocycles. The van der Waals surface area contributed by atoms with Gasteiger partial charge in [-0.2, -0.15) is 11.8 Å². The van der Waals surface area contributed by atoms with Crippen molar-refractivity contribution in [3.63, 3.8) is 0 Å². The van der Waals surface area contributed by atoms with Crippen molar-refractivity contribution in [2.24, 2.45) is 0 Å². The molecule has 2 heterocycles. The van der Waals surface area contributed by atoms with Gasteiger partial charge in [0.25, 0.3) is 0 Å². The molecule has 2 aliphatic heterocycles. The first-order valence-electron chi connectivity index (χ1n) is 7.83. The van der Waals surface area contributed by atoms with Crippen LogP contribution in [0, 0.1) is 0 Å². The summed E-state index contributed by atoms with van der Waals surface area (Å²) in [5.74, 6) is 2.46. The molecule has 2 atom stereocenters. The van der Waals surface area contributed by atoms with Crippen LogP contribution in [0.5, 0.6) is 0 Å². The van der Waals surface area contributed by atoms with E-state index in [2.05, 4.69) is 36.5 Å². The SMILES string of the molecule is CCc1ccccc1CNC1CCOC2(CCSC2)C1. The number of nitrogens with one attached hydrogen (secondary N) is 1.